The lowest BCUT2D eigenvalue weighted by Crippen LogP contribution is -2.12. The van der Waals surface area contributed by atoms with E-state index in [1.807, 2.05) is 30.3 Å². The first-order chi connectivity index (χ1) is 10.6. The van der Waals surface area contributed by atoms with E-state index < -0.39 is 10.1 Å². The molecule has 0 atom stereocenters. The topological polar surface area (TPSA) is 61.2 Å². The van der Waals surface area contributed by atoms with Crippen molar-refractivity contribution in [2.75, 3.05) is 0 Å². The quantitative estimate of drug-likeness (QED) is 0.695. The molecule has 0 unspecified atom stereocenters. The third-order valence-electron chi connectivity index (χ3n) is 3.03. The van der Waals surface area contributed by atoms with E-state index in [9.17, 15) is 8.42 Å². The highest BCUT2D eigenvalue weighted by atomic mass is 32.2. The lowest BCUT2D eigenvalue weighted by molar-refractivity contribution is 0.465. The van der Waals surface area contributed by atoms with E-state index in [0.29, 0.717) is 5.69 Å². The Morgan fingerprint density at radius 3 is 2.18 bits per heavy atom. The molecule has 0 saturated heterocycles. The number of hydrogen-bond donors (Lipinski definition) is 0. The van der Waals surface area contributed by atoms with Crippen molar-refractivity contribution in [2.24, 2.45) is 0 Å². The summed E-state index contributed by atoms with van der Waals surface area (Å²) < 4.78 is 31.4. The van der Waals surface area contributed by atoms with Crippen molar-refractivity contribution >= 4 is 10.1 Å². The minimum absolute atomic E-state index is 0.105. The second-order valence-corrected chi connectivity index (χ2v) is 6.27. The Hall–Kier alpha value is -2.60. The average Bonchev–Trinajstić information content (AvgIpc) is 2.89. The number of hydrogen-bond acceptors (Lipinski definition) is 4. The predicted octanol–water partition coefficient (Wildman–Crippen LogP) is 2.95. The van der Waals surface area contributed by atoms with Gasteiger partial charge in [0, 0.05) is 6.07 Å². The largest absolute Gasteiger partial charge is 0.358 e. The molecular weight excluding hydrogens is 300 g/mol. The van der Waals surface area contributed by atoms with Crippen LogP contribution in [0.1, 0.15) is 5.69 Å². The van der Waals surface area contributed by atoms with E-state index >= 15 is 0 Å². The van der Waals surface area contributed by atoms with E-state index in [-0.39, 0.29) is 10.8 Å². The van der Waals surface area contributed by atoms with E-state index in [4.69, 9.17) is 4.18 Å². The van der Waals surface area contributed by atoms with Crippen LogP contribution >= 0.6 is 0 Å². The zero-order chi connectivity index (χ0) is 15.6. The van der Waals surface area contributed by atoms with Gasteiger partial charge in [0.1, 0.15) is 4.90 Å². The monoisotopic (exact) mass is 314 g/mol. The van der Waals surface area contributed by atoms with Crippen molar-refractivity contribution < 1.29 is 12.6 Å². The van der Waals surface area contributed by atoms with Gasteiger partial charge in [-0.1, -0.05) is 36.4 Å². The van der Waals surface area contributed by atoms with Crippen molar-refractivity contribution in [2.45, 2.75) is 11.8 Å². The minimum atomic E-state index is -3.89. The molecule has 0 amide bonds. The van der Waals surface area contributed by atoms with Gasteiger partial charge in [-0.25, -0.2) is 0 Å². The molecule has 3 rings (SSSR count). The number of rotatable bonds is 4. The number of aromatic nitrogens is 2. The van der Waals surface area contributed by atoms with Crippen molar-refractivity contribution in [1.82, 2.24) is 9.78 Å². The van der Waals surface area contributed by atoms with Gasteiger partial charge in [-0.05, 0) is 31.2 Å². The van der Waals surface area contributed by atoms with Crippen LogP contribution in [-0.4, -0.2) is 18.2 Å². The molecule has 1 aromatic heterocycles. The maximum Gasteiger partial charge on any atom is 0.340 e. The molecule has 6 heteroatoms. The molecule has 0 fully saturated rings. The van der Waals surface area contributed by atoms with Crippen LogP contribution < -0.4 is 4.18 Å². The van der Waals surface area contributed by atoms with Crippen LogP contribution in [0.5, 0.6) is 5.88 Å². The number of para-hydroxylation sites is 1. The van der Waals surface area contributed by atoms with Crippen LogP contribution in [0.15, 0.2) is 71.6 Å². The lowest BCUT2D eigenvalue weighted by atomic mass is 10.3. The highest BCUT2D eigenvalue weighted by Gasteiger charge is 2.20. The molecule has 0 spiro atoms. The molecule has 0 aliphatic rings. The number of benzene rings is 2. The molecule has 0 saturated carbocycles. The molecule has 0 aliphatic heterocycles. The third-order valence-corrected chi connectivity index (χ3v) is 4.27. The summed E-state index contributed by atoms with van der Waals surface area (Å²) in [6.45, 7) is 1.78. The Morgan fingerprint density at radius 2 is 1.55 bits per heavy atom. The summed E-state index contributed by atoms with van der Waals surface area (Å²) in [5, 5.41) is 4.29. The fraction of sp³-hybridized carbons (Fsp3) is 0.0625. The first kappa shape index (κ1) is 14.3. The zero-order valence-electron chi connectivity index (χ0n) is 11.9. The van der Waals surface area contributed by atoms with Crippen molar-refractivity contribution in [3.63, 3.8) is 0 Å². The van der Waals surface area contributed by atoms with Crippen LogP contribution in [0.3, 0.4) is 0 Å². The number of nitrogens with zero attached hydrogens (tertiary/aromatic N) is 2. The summed E-state index contributed by atoms with van der Waals surface area (Å²) in [5.74, 6) is 0.160. The maximum atomic E-state index is 12.3. The standard InChI is InChI=1S/C16H14N2O3S/c1-13-12-16(18(17-13)14-8-4-2-5-9-14)21-22(19,20)15-10-6-3-7-11-15/h2-12H,1H3. The Labute approximate surface area is 128 Å². The zero-order valence-corrected chi connectivity index (χ0v) is 12.7. The molecule has 0 N–H and O–H groups in total. The van der Waals surface area contributed by atoms with E-state index in [1.54, 1.807) is 31.2 Å². The van der Waals surface area contributed by atoms with Crippen LogP contribution in [0.25, 0.3) is 5.69 Å². The molecule has 1 heterocycles. The second-order valence-electron chi connectivity index (χ2n) is 4.72. The summed E-state index contributed by atoms with van der Waals surface area (Å²) in [7, 11) is -3.89. The summed E-state index contributed by atoms with van der Waals surface area (Å²) in [6, 6.07) is 18.8. The van der Waals surface area contributed by atoms with Crippen molar-refractivity contribution in [3.05, 3.63) is 72.4 Å². The van der Waals surface area contributed by atoms with E-state index in [2.05, 4.69) is 5.10 Å². The molecule has 0 aliphatic carbocycles. The fourth-order valence-electron chi connectivity index (χ4n) is 2.04. The molecular formula is C16H14N2O3S. The van der Waals surface area contributed by atoms with Gasteiger partial charge in [0.2, 0.25) is 5.88 Å². The van der Waals surface area contributed by atoms with Gasteiger partial charge < -0.3 is 4.18 Å². The normalized spacial score (nSPS) is 11.3. The molecule has 0 radical (unpaired) electrons. The Balaban J connectivity index is 2.00. The van der Waals surface area contributed by atoms with Gasteiger partial charge in [-0.3, -0.25) is 0 Å². The first-order valence-electron chi connectivity index (χ1n) is 6.68. The molecule has 2 aromatic carbocycles. The van der Waals surface area contributed by atoms with Crippen LogP contribution in [0.2, 0.25) is 0 Å². The maximum absolute atomic E-state index is 12.3. The Bertz CT molecular complexity index is 872. The smallest absolute Gasteiger partial charge is 0.340 e. The van der Waals surface area contributed by atoms with Gasteiger partial charge in [0.15, 0.2) is 0 Å². The highest BCUT2D eigenvalue weighted by molar-refractivity contribution is 7.87. The predicted molar refractivity (Wildman–Crippen MR) is 82.6 cm³/mol. The summed E-state index contributed by atoms with van der Waals surface area (Å²) in [4.78, 5) is 0.105. The van der Waals surface area contributed by atoms with E-state index in [0.717, 1.165) is 5.69 Å². The van der Waals surface area contributed by atoms with Crippen LogP contribution in [0.4, 0.5) is 0 Å². The molecule has 22 heavy (non-hydrogen) atoms. The average molecular weight is 314 g/mol. The third kappa shape index (κ3) is 2.87. The molecule has 0 bridgehead atoms. The van der Waals surface area contributed by atoms with Gasteiger partial charge in [0.05, 0.1) is 11.4 Å². The molecule has 3 aromatic rings. The van der Waals surface area contributed by atoms with Crippen molar-refractivity contribution in [3.8, 4) is 11.6 Å². The second kappa shape index (κ2) is 5.65. The number of aryl methyl sites for hydroxylation is 1. The Kier molecular flexibility index (Phi) is 3.68. The van der Waals surface area contributed by atoms with Gasteiger partial charge in [-0.2, -0.15) is 18.2 Å². The van der Waals surface area contributed by atoms with Gasteiger partial charge in [-0.15, -0.1) is 0 Å². The summed E-state index contributed by atoms with van der Waals surface area (Å²) in [6.07, 6.45) is 0. The molecule has 5 nitrogen and oxygen atoms in total. The highest BCUT2D eigenvalue weighted by Crippen LogP contribution is 2.23. The minimum Gasteiger partial charge on any atom is -0.358 e. The fourth-order valence-corrected chi connectivity index (χ4v) is 2.97. The summed E-state index contributed by atoms with van der Waals surface area (Å²) in [5.41, 5.74) is 1.40. The van der Waals surface area contributed by atoms with E-state index in [1.165, 1.54) is 16.8 Å². The van der Waals surface area contributed by atoms with Crippen molar-refractivity contribution in [1.29, 1.82) is 0 Å². The SMILES string of the molecule is Cc1cc(OS(=O)(=O)c2ccccc2)n(-c2ccccc2)n1. The lowest BCUT2D eigenvalue weighted by Gasteiger charge is -2.09. The molecule has 112 valence electrons. The Morgan fingerprint density at radius 1 is 0.955 bits per heavy atom. The van der Waals surface area contributed by atoms with Crippen LogP contribution in [-0.2, 0) is 10.1 Å². The van der Waals surface area contributed by atoms with Gasteiger partial charge >= 0.3 is 10.1 Å². The van der Waals surface area contributed by atoms with Gasteiger partial charge in [0.25, 0.3) is 0 Å². The van der Waals surface area contributed by atoms with Crippen LogP contribution in [0, 0.1) is 6.92 Å². The summed E-state index contributed by atoms with van der Waals surface area (Å²) >= 11 is 0. The first-order valence-corrected chi connectivity index (χ1v) is 8.09.